The number of imidazole rings is 1. The number of hydrogen-bond donors (Lipinski definition) is 2. The molecule has 3 aliphatic rings. The Labute approximate surface area is 251 Å². The Morgan fingerprint density at radius 2 is 1.74 bits per heavy atom. The molecule has 2 aromatic carbocycles. The molecule has 1 saturated heterocycles. The van der Waals surface area contributed by atoms with Gasteiger partial charge < -0.3 is 39.2 Å². The number of nitrogens with one attached hydrogen (secondary N) is 2. The third-order valence-corrected chi connectivity index (χ3v) is 8.31. The molecule has 0 saturated carbocycles. The molecule has 13 heteroatoms. The van der Waals surface area contributed by atoms with Crippen molar-refractivity contribution in [3.63, 3.8) is 0 Å². The van der Waals surface area contributed by atoms with Crippen molar-refractivity contribution in [2.24, 2.45) is 5.92 Å². The van der Waals surface area contributed by atoms with Crippen molar-refractivity contribution >= 4 is 34.0 Å². The van der Waals surface area contributed by atoms with Crippen LogP contribution in [0.25, 0.3) is 11.3 Å². The lowest BCUT2D eigenvalue weighted by Crippen LogP contribution is -2.52. The number of halogens is 1. The second kappa shape index (κ2) is 11.2. The monoisotopic (exact) mass is 638 g/mol. The van der Waals surface area contributed by atoms with E-state index in [0.717, 1.165) is 26.9 Å². The third-order valence-electron chi connectivity index (χ3n) is 7.78. The molecule has 0 radical (unpaired) electrons. The fourth-order valence-corrected chi connectivity index (χ4v) is 5.78. The third kappa shape index (κ3) is 5.24. The highest BCUT2D eigenvalue weighted by molar-refractivity contribution is 9.10. The van der Waals surface area contributed by atoms with E-state index in [1.807, 2.05) is 50.2 Å². The van der Waals surface area contributed by atoms with Crippen LogP contribution in [0.5, 0.6) is 11.5 Å². The number of methoxy groups -OCH3 is 1. The highest BCUT2D eigenvalue weighted by Crippen LogP contribution is 2.39. The molecule has 1 unspecified atom stereocenters. The fraction of sp³-hybridized carbons (Fsp3) is 0.379. The first-order chi connectivity index (χ1) is 20.2. The van der Waals surface area contributed by atoms with Crippen LogP contribution in [-0.2, 0) is 22.6 Å². The van der Waals surface area contributed by atoms with Crippen molar-refractivity contribution < 1.29 is 28.6 Å². The van der Waals surface area contributed by atoms with Gasteiger partial charge in [-0.15, -0.1) is 0 Å². The van der Waals surface area contributed by atoms with E-state index in [2.05, 4.69) is 26.2 Å². The van der Waals surface area contributed by atoms with Gasteiger partial charge >= 0.3 is 12.1 Å². The number of hydrogen-bond acceptors (Lipinski definition) is 7. The molecule has 1 aromatic heterocycles. The topological polar surface area (TPSA) is 129 Å². The van der Waals surface area contributed by atoms with Gasteiger partial charge in [-0.2, -0.15) is 0 Å². The molecule has 0 bridgehead atoms. The van der Waals surface area contributed by atoms with E-state index >= 15 is 0 Å². The summed E-state index contributed by atoms with van der Waals surface area (Å²) in [6.07, 6.45) is 1.09. The number of benzene rings is 2. The lowest BCUT2D eigenvalue weighted by atomic mass is 10.0. The van der Waals surface area contributed by atoms with Crippen molar-refractivity contribution in [1.82, 2.24) is 30.0 Å². The molecule has 3 aliphatic heterocycles. The second-order valence-electron chi connectivity index (χ2n) is 10.8. The predicted molar refractivity (Wildman–Crippen MR) is 154 cm³/mol. The summed E-state index contributed by atoms with van der Waals surface area (Å²) in [5.74, 6) is 1.35. The van der Waals surface area contributed by atoms with Crippen molar-refractivity contribution in [1.29, 1.82) is 0 Å². The SMILES string of the molecule is COC(=O)NC(C(=O)N1CN(C(=O)N2Cc3cc4c(cc3C2)OCO4)C[C@H]1c1nc(-c2ccc(Br)cc2)c[nH]1)C(C)C. The van der Waals surface area contributed by atoms with Gasteiger partial charge in [0.15, 0.2) is 11.5 Å². The van der Waals surface area contributed by atoms with Gasteiger partial charge in [0.1, 0.15) is 17.9 Å². The minimum Gasteiger partial charge on any atom is -0.454 e. The molecule has 12 nitrogen and oxygen atoms in total. The number of aromatic amines is 1. The Balaban J connectivity index is 1.26. The van der Waals surface area contributed by atoms with Crippen LogP contribution in [0.1, 0.15) is 36.8 Å². The lowest BCUT2D eigenvalue weighted by molar-refractivity contribution is -0.135. The first-order valence-electron chi connectivity index (χ1n) is 13.6. The molecule has 1 fully saturated rings. The summed E-state index contributed by atoms with van der Waals surface area (Å²) in [5.41, 5.74) is 3.63. The zero-order valence-electron chi connectivity index (χ0n) is 23.4. The Kier molecular flexibility index (Phi) is 7.43. The molecule has 42 heavy (non-hydrogen) atoms. The number of fused-ring (bicyclic) bond motifs is 2. The van der Waals surface area contributed by atoms with Gasteiger partial charge in [-0.05, 0) is 41.3 Å². The predicted octanol–water partition coefficient (Wildman–Crippen LogP) is 4.23. The summed E-state index contributed by atoms with van der Waals surface area (Å²) >= 11 is 3.45. The molecule has 2 atom stereocenters. The Bertz CT molecular complexity index is 1490. The maximum Gasteiger partial charge on any atom is 0.407 e. The number of ether oxygens (including phenoxy) is 3. The summed E-state index contributed by atoms with van der Waals surface area (Å²) in [4.78, 5) is 52.9. The molecule has 4 amide bonds. The number of nitrogens with zero attached hydrogens (tertiary/aromatic N) is 4. The molecule has 2 N–H and O–H groups in total. The summed E-state index contributed by atoms with van der Waals surface area (Å²) in [5, 5.41) is 2.66. The average Bonchev–Trinajstić information content (AvgIpc) is 3.79. The lowest BCUT2D eigenvalue weighted by Gasteiger charge is -2.29. The molecular weight excluding hydrogens is 608 g/mol. The number of alkyl carbamates (subject to hydrolysis) is 1. The van der Waals surface area contributed by atoms with Crippen molar-refractivity contribution in [2.45, 2.75) is 39.0 Å². The van der Waals surface area contributed by atoms with Gasteiger partial charge in [0.05, 0.1) is 26.0 Å². The van der Waals surface area contributed by atoms with E-state index < -0.39 is 18.2 Å². The zero-order valence-corrected chi connectivity index (χ0v) is 25.0. The van der Waals surface area contributed by atoms with E-state index in [0.29, 0.717) is 30.4 Å². The van der Waals surface area contributed by atoms with Crippen LogP contribution in [0.2, 0.25) is 0 Å². The average molecular weight is 640 g/mol. The Hall–Kier alpha value is -4.26. The minimum atomic E-state index is -0.852. The maximum absolute atomic E-state index is 13.9. The number of carbonyl (C=O) groups excluding carboxylic acids is 3. The largest absolute Gasteiger partial charge is 0.454 e. The Morgan fingerprint density at radius 3 is 2.36 bits per heavy atom. The van der Waals surface area contributed by atoms with Crippen LogP contribution in [0.15, 0.2) is 47.1 Å². The molecule has 0 aliphatic carbocycles. The van der Waals surface area contributed by atoms with Crippen molar-refractivity contribution in [3.8, 4) is 22.8 Å². The number of aromatic nitrogens is 2. The van der Waals surface area contributed by atoms with Crippen molar-refractivity contribution in [3.05, 3.63) is 64.0 Å². The summed E-state index contributed by atoms with van der Waals surface area (Å²) < 4.78 is 16.7. The summed E-state index contributed by atoms with van der Waals surface area (Å²) in [7, 11) is 1.25. The molecular formula is C29H31BrN6O6. The smallest absolute Gasteiger partial charge is 0.407 e. The van der Waals surface area contributed by atoms with Crippen LogP contribution >= 0.6 is 15.9 Å². The molecule has 4 heterocycles. The van der Waals surface area contributed by atoms with Gasteiger partial charge in [0.25, 0.3) is 0 Å². The van der Waals surface area contributed by atoms with Gasteiger partial charge in [-0.1, -0.05) is 41.9 Å². The van der Waals surface area contributed by atoms with Crippen molar-refractivity contribution in [2.75, 3.05) is 27.1 Å². The van der Waals surface area contributed by atoms with Crippen LogP contribution in [-0.4, -0.2) is 75.9 Å². The molecule has 3 aromatic rings. The number of carbonyl (C=O) groups is 3. The van der Waals surface area contributed by atoms with Crippen LogP contribution < -0.4 is 14.8 Å². The van der Waals surface area contributed by atoms with Crippen LogP contribution in [0, 0.1) is 5.92 Å². The number of H-pyrrole nitrogens is 1. The van der Waals surface area contributed by atoms with Crippen LogP contribution in [0.4, 0.5) is 9.59 Å². The standard InChI is InChI=1S/C29H31BrN6O6/c1-16(2)25(33-28(38)40-3)27(37)36-14-35(13-22(36)26-31-10-21(32-26)17-4-6-20(30)7-5-17)29(39)34-11-18-8-23-24(42-15-41-23)9-19(18)12-34/h4-10,16,22,25H,11-15H2,1-3H3,(H,31,32)(H,33,38)/t22-,25?/m0/s1. The Morgan fingerprint density at radius 1 is 1.07 bits per heavy atom. The highest BCUT2D eigenvalue weighted by Gasteiger charge is 2.43. The summed E-state index contributed by atoms with van der Waals surface area (Å²) in [6, 6.07) is 10.0. The first-order valence-corrected chi connectivity index (χ1v) is 14.4. The van der Waals surface area contributed by atoms with Gasteiger partial charge in [0.2, 0.25) is 12.7 Å². The zero-order chi connectivity index (χ0) is 29.5. The maximum atomic E-state index is 13.9. The molecule has 0 spiro atoms. The van der Waals surface area contributed by atoms with Gasteiger partial charge in [-0.25, -0.2) is 14.6 Å². The van der Waals surface area contributed by atoms with E-state index in [4.69, 9.17) is 19.2 Å². The number of rotatable bonds is 5. The van der Waals surface area contributed by atoms with E-state index in [9.17, 15) is 14.4 Å². The molecule has 220 valence electrons. The van der Waals surface area contributed by atoms with Crippen LogP contribution in [0.3, 0.4) is 0 Å². The normalized spacial score (nSPS) is 17.9. The van der Waals surface area contributed by atoms with Gasteiger partial charge in [0, 0.05) is 29.3 Å². The number of amides is 4. The van der Waals surface area contributed by atoms with Gasteiger partial charge in [-0.3, -0.25) is 4.79 Å². The van der Waals surface area contributed by atoms with E-state index in [-0.39, 0.29) is 37.9 Å². The summed E-state index contributed by atoms with van der Waals surface area (Å²) in [6.45, 7) is 5.00. The quantitative estimate of drug-likeness (QED) is 0.428. The minimum absolute atomic E-state index is 0.0400. The second-order valence-corrected chi connectivity index (χ2v) is 11.8. The molecule has 6 rings (SSSR count). The first kappa shape index (κ1) is 27.9. The van der Waals surface area contributed by atoms with E-state index in [1.165, 1.54) is 7.11 Å². The van der Waals surface area contributed by atoms with E-state index in [1.54, 1.807) is 20.9 Å². The fourth-order valence-electron chi connectivity index (χ4n) is 5.52. The highest BCUT2D eigenvalue weighted by atomic mass is 79.9. The number of urea groups is 1.